The minimum Gasteiger partial charge on any atom is -0.268 e. The zero-order valence-corrected chi connectivity index (χ0v) is 109. The van der Waals surface area contributed by atoms with Crippen molar-refractivity contribution in [2.45, 2.75) is 111 Å². The Bertz CT molecular complexity index is 1310. The minimum absolute atomic E-state index is 0.244. The summed E-state index contributed by atoms with van der Waals surface area (Å²) in [7, 11) is -6.27. The summed E-state index contributed by atoms with van der Waals surface area (Å²) in [6.07, 6.45) is 35.4. The Hall–Kier alpha value is 21.5. The molecule has 0 rings (SSSR count). The Labute approximate surface area is 825 Å². The van der Waals surface area contributed by atoms with Gasteiger partial charge in [-0.3, -0.25) is 537 Å². The molecule has 0 bridgehead atoms. The molecular weight excluding hydrogens is 3860 g/mol. The Morgan fingerprint density at radius 1 is 0.138 bits per heavy atom. The van der Waals surface area contributed by atoms with Crippen LogP contribution in [0.4, 0.5) is 0 Å². The van der Waals surface area contributed by atoms with Crippen molar-refractivity contribution in [1.29, 1.82) is 0 Å². The van der Waals surface area contributed by atoms with Crippen LogP contribution in [0.15, 0.2) is 0 Å². The van der Waals surface area contributed by atoms with E-state index in [9.17, 15) is 0 Å². The van der Waals surface area contributed by atoms with Gasteiger partial charge >= 0.3 is -4.52 Å². The van der Waals surface area contributed by atoms with Crippen LogP contribution in [0.2, 0.25) is 0 Å². The number of halogens is 24. The molecule has 0 atom stereocenters. The van der Waals surface area contributed by atoms with Gasteiger partial charge in [0.15, 0.2) is 0 Å². The van der Waals surface area contributed by atoms with Crippen molar-refractivity contribution in [3.05, 3.63) is 0 Å². The van der Waals surface area contributed by atoms with Crippen LogP contribution in [-0.2, 0) is 0 Å². The van der Waals surface area contributed by atoms with E-state index < -0.39 is 57.1 Å². The van der Waals surface area contributed by atoms with Gasteiger partial charge in [0.2, 0.25) is 0 Å². The Kier molecular flexibility index (Phi) is 67.0. The molecule has 0 aliphatic heterocycles. The van der Waals surface area contributed by atoms with Crippen LogP contribution in [0.1, 0.15) is 111 Å². The maximum Gasteiger partial charge on any atom is 0.333 e. The number of rotatable bonds is 36. The summed E-state index contributed by atoms with van der Waals surface area (Å²) in [6, 6.07) is 0. The van der Waals surface area contributed by atoms with Crippen LogP contribution in [0.3, 0.4) is 0 Å². The van der Waals surface area contributed by atoms with Crippen molar-refractivity contribution in [2.75, 3.05) is 148 Å². The summed E-state index contributed by atoms with van der Waals surface area (Å²) in [5, 5.41) is 0. The molecule has 0 aliphatic rings. The average Bonchev–Trinajstić information content (AvgIpc) is 3.33. The summed E-state index contributed by atoms with van der Waals surface area (Å²) in [6.45, 7) is 39.3. The summed E-state index contributed by atoms with van der Waals surface area (Å²) in [4.78, 5) is 0. The molecule has 0 fully saturated rings. The van der Waals surface area contributed by atoms with Gasteiger partial charge in [0, 0.05) is 98.6 Å². The Morgan fingerprint density at radius 2 is 0.188 bits per heavy atom. The van der Waals surface area contributed by atoms with Gasteiger partial charge in [-0.25, -0.2) is 0 Å². The fraction of sp³-hybridized carbons (Fsp3) is 1.00. The third kappa shape index (κ3) is 33.6. The van der Waals surface area contributed by atoms with E-state index in [1.807, 2.05) is 0 Å². The zero-order chi connectivity index (χ0) is 65.0. The van der Waals surface area contributed by atoms with Crippen LogP contribution in [0.25, 0.3) is 0 Å². The van der Waals surface area contributed by atoms with E-state index in [0.29, 0.717) is 0 Å². The third-order valence-corrected chi connectivity index (χ3v) is 145. The fourth-order valence-electron chi connectivity index (χ4n) is 10.4. The molecule has 0 N–H and O–H groups in total. The van der Waals surface area contributed by atoms with E-state index in [1.54, 1.807) is 49.3 Å². The van der Waals surface area contributed by atoms with Gasteiger partial charge in [0.25, 0.3) is 0 Å². The molecule has 0 radical (unpaired) electrons. The van der Waals surface area contributed by atoms with Crippen molar-refractivity contribution < 1.29 is 0 Å². The second kappa shape index (κ2) is 49.7. The smallest absolute Gasteiger partial charge is 0.268 e. The van der Waals surface area contributed by atoms with Crippen LogP contribution < -0.4 is 0 Å². The Morgan fingerprint density at radius 3 is 0.212 bits per heavy atom. The first-order chi connectivity index (χ1) is 35.8. The van der Waals surface area contributed by atoms with E-state index in [0.717, 1.165) is 0 Å². The van der Waals surface area contributed by atoms with E-state index in [4.69, 9.17) is 0 Å². The van der Waals surface area contributed by atoms with Gasteiger partial charge in [-0.2, -0.15) is 0 Å². The van der Waals surface area contributed by atoms with E-state index in [-0.39, 0.29) is -4.52 Å². The molecule has 488 valence electrons. The molecule has 80 heavy (non-hydrogen) atoms. The van der Waals surface area contributed by atoms with Gasteiger partial charge in [0.1, 0.15) is 0 Å². The van der Waals surface area contributed by atoms with E-state index in [1.165, 1.54) is 98.6 Å². The minimum atomic E-state index is -0.784. The quantitative estimate of drug-likeness (QED) is 0.0333. The highest BCUT2D eigenvalue weighted by Crippen LogP contribution is 2.83. The average molecular weight is 3960 g/mol. The molecule has 0 amide bonds. The molecular formula is C40H96B8I24P8. The third-order valence-electron chi connectivity index (χ3n) is 19.0. The molecule has 0 saturated carbocycles. The highest BCUT2D eigenvalue weighted by atomic mass is 127. The molecule has 0 aromatic carbocycles. The predicted molar refractivity (Wildman–Crippen MR) is 645 cm³/mol. The SMILES string of the molecule is CC[P+](CC)(CC[P+](CC)(CC)[B-](I)(I)I)[B-](I)(I)I.CC[P+](CC)(CC[P+](CC)(CC)[B-](I)(I)I)[B-](I)(I)I.CC[P+](CC)(CC[P+](CC)(CC)[B-](I)(I)I)[B-](I)(I)I.CC[P+](CC)(CC[P+](CC)(CC)[B-](I)(I)I)[B-](I)(I)I. The van der Waals surface area contributed by atoms with Gasteiger partial charge in [-0.1, -0.05) is 0 Å². The molecule has 0 aromatic rings. The summed E-state index contributed by atoms with van der Waals surface area (Å²) in [5.41, 5.74) is 0. The molecule has 0 unspecified atom stereocenters. The van der Waals surface area contributed by atoms with Crippen molar-refractivity contribution in [1.82, 2.24) is 0 Å². The lowest BCUT2D eigenvalue weighted by Gasteiger charge is -2.45. The molecule has 0 aromatic heterocycles. The molecule has 0 aliphatic carbocycles. The van der Waals surface area contributed by atoms with Crippen molar-refractivity contribution in [3.63, 3.8) is 0 Å². The summed E-state index contributed by atoms with van der Waals surface area (Å²) in [5.74, 6) is 0. The topological polar surface area (TPSA) is 0 Å². The molecule has 0 spiro atoms. The second-order valence-electron chi connectivity index (χ2n) is 20.9. The lowest BCUT2D eigenvalue weighted by Crippen LogP contribution is -2.29. The van der Waals surface area contributed by atoms with Crippen LogP contribution in [-0.4, -0.2) is 143 Å². The molecule has 0 nitrogen and oxygen atoms in total. The lowest BCUT2D eigenvalue weighted by molar-refractivity contribution is 1.30. The Balaban J connectivity index is -0.000000481. The normalized spacial score (nSPS) is 14.7. The van der Waals surface area contributed by atoms with Gasteiger partial charge in [-0.05, 0) is 111 Å². The van der Waals surface area contributed by atoms with Gasteiger partial charge in [-0.15, -0.1) is 57.1 Å². The highest BCUT2D eigenvalue weighted by Gasteiger charge is 2.55. The molecule has 0 heterocycles. The maximum atomic E-state index is 2.79. The predicted octanol–water partition coefficient (Wildman–Crippen LogP) is 34.3. The number of hydrogen-bond acceptors (Lipinski definition) is 0. The lowest BCUT2D eigenvalue weighted by atomic mass is 10.7. The monoisotopic (exact) mass is 3960 g/mol. The maximum absolute atomic E-state index is 2.79. The summed E-state index contributed by atoms with van der Waals surface area (Å²) >= 11 is 66.8. The van der Waals surface area contributed by atoms with Crippen molar-refractivity contribution >= 4 is 590 Å². The van der Waals surface area contributed by atoms with Crippen LogP contribution >= 0.6 is 594 Å². The second-order valence-corrected chi connectivity index (χ2v) is 186. The van der Waals surface area contributed by atoms with E-state index in [2.05, 4.69) is 648 Å². The first-order valence-electron chi connectivity index (χ1n) is 28.2. The van der Waals surface area contributed by atoms with Crippen molar-refractivity contribution in [2.24, 2.45) is 0 Å². The highest BCUT2D eigenvalue weighted by molar-refractivity contribution is 14.4. The molecule has 0 saturated heterocycles. The van der Waals surface area contributed by atoms with E-state index >= 15 is 0 Å². The van der Waals surface area contributed by atoms with Crippen LogP contribution in [0.5, 0.6) is 0 Å². The fourth-order valence-corrected chi connectivity index (χ4v) is 118. The first kappa shape index (κ1) is 108. The molecule has 40 heteroatoms. The largest absolute Gasteiger partial charge is 0.333 e. The van der Waals surface area contributed by atoms with Crippen molar-refractivity contribution in [3.8, 4) is 0 Å². The zero-order valence-electron chi connectivity index (χ0n) is 50.2. The first-order valence-corrected chi connectivity index (χ1v) is 77.4. The van der Waals surface area contributed by atoms with Crippen LogP contribution in [0, 0.1) is 0 Å². The van der Waals surface area contributed by atoms with Gasteiger partial charge in [0.05, 0.1) is 49.3 Å². The summed E-state index contributed by atoms with van der Waals surface area (Å²) < 4.78 is -1.95. The van der Waals surface area contributed by atoms with Gasteiger partial charge < -0.3 is 0 Å². The number of hydrogen-bond donors (Lipinski definition) is 0. The standard InChI is InChI=1S/4C10H24B2I6P2/c4*1-5-19(6-2,11(13,14)15)9-10-20(7-3,8-4)12(16,17)18/h4*5-10H2,1-4H3.